The van der Waals surface area contributed by atoms with Gasteiger partial charge in [0.25, 0.3) is 15.6 Å². The second-order valence-corrected chi connectivity index (χ2v) is 11.1. The molecule has 36 heavy (non-hydrogen) atoms. The van der Waals surface area contributed by atoms with Crippen LogP contribution in [0.5, 0.6) is 5.75 Å². The van der Waals surface area contributed by atoms with Gasteiger partial charge in [-0.2, -0.15) is 8.42 Å². The lowest BCUT2D eigenvalue weighted by Gasteiger charge is -2.19. The number of nitrogens with zero attached hydrogens (tertiary/aromatic N) is 2. The molecule has 0 unspecified atom stereocenters. The Morgan fingerprint density at radius 2 is 1.92 bits per heavy atom. The highest BCUT2D eigenvalue weighted by molar-refractivity contribution is 7.90. The number of anilines is 2. The molecule has 1 aromatic heterocycles. The van der Waals surface area contributed by atoms with Gasteiger partial charge in [-0.05, 0) is 62.7 Å². The number of benzene rings is 2. The van der Waals surface area contributed by atoms with Gasteiger partial charge >= 0.3 is 0 Å². The summed E-state index contributed by atoms with van der Waals surface area (Å²) >= 11 is 0. The van der Waals surface area contributed by atoms with E-state index in [2.05, 4.69) is 33.9 Å². The minimum Gasteiger partial charge on any atom is -0.506 e. The number of fused-ring (bicyclic) bond motifs is 2. The van der Waals surface area contributed by atoms with Crippen LogP contribution in [0.1, 0.15) is 31.4 Å². The molecule has 1 amide bonds. The van der Waals surface area contributed by atoms with Gasteiger partial charge in [0.05, 0.1) is 17.7 Å². The fourth-order valence-electron chi connectivity index (χ4n) is 4.10. The average Bonchev–Trinajstić information content (AvgIpc) is 2.77. The molecule has 11 heteroatoms. The number of aromatic amines is 1. The number of H-pyrrole nitrogens is 1. The van der Waals surface area contributed by atoms with Gasteiger partial charge in [-0.25, -0.2) is 0 Å². The van der Waals surface area contributed by atoms with Gasteiger partial charge < -0.3 is 25.6 Å². The fourth-order valence-corrected chi connectivity index (χ4v) is 5.22. The Bertz CT molecular complexity index is 1540. The highest BCUT2D eigenvalue weighted by Gasteiger charge is 2.29. The van der Waals surface area contributed by atoms with Gasteiger partial charge in [-0.3, -0.25) is 9.59 Å². The van der Waals surface area contributed by atoms with Crippen molar-refractivity contribution in [2.24, 2.45) is 10.3 Å². The van der Waals surface area contributed by atoms with E-state index < -0.39 is 21.3 Å². The summed E-state index contributed by atoms with van der Waals surface area (Å²) in [4.78, 5) is 30.1. The minimum absolute atomic E-state index is 0.0210. The van der Waals surface area contributed by atoms with E-state index in [1.54, 1.807) is 49.3 Å². The average molecular weight is 512 g/mol. The highest BCUT2D eigenvalue weighted by Crippen LogP contribution is 2.34. The number of para-hydroxylation sites is 1. The third kappa shape index (κ3) is 5.12. The number of pyridine rings is 1. The maximum Gasteiger partial charge on any atom is 0.286 e. The molecule has 0 aliphatic carbocycles. The van der Waals surface area contributed by atoms with Crippen LogP contribution in [0.3, 0.4) is 0 Å². The second kappa shape index (κ2) is 9.75. The summed E-state index contributed by atoms with van der Waals surface area (Å²) in [6.45, 7) is 4.32. The lowest BCUT2D eigenvalue weighted by Crippen LogP contribution is -2.29. The molecule has 10 nitrogen and oxygen atoms in total. The molecule has 4 rings (SSSR count). The molecule has 190 valence electrons. The molecule has 2 aromatic carbocycles. The van der Waals surface area contributed by atoms with Gasteiger partial charge in [0, 0.05) is 11.1 Å². The van der Waals surface area contributed by atoms with Gasteiger partial charge in [-0.1, -0.05) is 26.0 Å². The Kier molecular flexibility index (Phi) is 6.87. The topological polar surface area (TPSA) is 144 Å². The second-order valence-electron chi connectivity index (χ2n) is 9.49. The van der Waals surface area contributed by atoms with Gasteiger partial charge in [-0.15, -0.1) is 4.40 Å². The van der Waals surface area contributed by atoms with Crippen LogP contribution in [0.2, 0.25) is 0 Å². The molecule has 0 atom stereocenters. The molecule has 0 saturated heterocycles. The molecule has 1 aliphatic heterocycles. The molecular weight excluding hydrogens is 482 g/mol. The van der Waals surface area contributed by atoms with Gasteiger partial charge in [0.2, 0.25) is 5.91 Å². The van der Waals surface area contributed by atoms with Crippen molar-refractivity contribution in [2.75, 3.05) is 31.3 Å². The van der Waals surface area contributed by atoms with E-state index in [1.165, 1.54) is 6.07 Å². The Hall–Kier alpha value is -3.70. The zero-order valence-corrected chi connectivity index (χ0v) is 21.4. The number of carbonyl (C=O) groups is 1. The van der Waals surface area contributed by atoms with Crippen molar-refractivity contribution in [1.82, 2.24) is 9.88 Å². The number of amides is 1. The summed E-state index contributed by atoms with van der Waals surface area (Å²) in [7, 11) is -0.531. The van der Waals surface area contributed by atoms with Crippen LogP contribution in [0, 0.1) is 5.92 Å². The van der Waals surface area contributed by atoms with Crippen LogP contribution >= 0.6 is 0 Å². The Morgan fingerprint density at radius 3 is 2.61 bits per heavy atom. The van der Waals surface area contributed by atoms with Gasteiger partial charge in [0.15, 0.2) is 5.84 Å². The summed E-state index contributed by atoms with van der Waals surface area (Å²) in [5, 5.41) is 17.2. The van der Waals surface area contributed by atoms with Crippen molar-refractivity contribution in [1.29, 1.82) is 0 Å². The minimum atomic E-state index is -4.09. The maximum absolute atomic E-state index is 13.1. The monoisotopic (exact) mass is 511 g/mol. The maximum atomic E-state index is 13.1. The summed E-state index contributed by atoms with van der Waals surface area (Å²) in [5.74, 6) is -0.554. The Balaban J connectivity index is 1.88. The lowest BCUT2D eigenvalue weighted by molar-refractivity contribution is -0.116. The quantitative estimate of drug-likeness (QED) is 0.382. The van der Waals surface area contributed by atoms with Crippen molar-refractivity contribution < 1.29 is 18.3 Å². The lowest BCUT2D eigenvalue weighted by atomic mass is 9.98. The Labute approximate surface area is 209 Å². The first-order chi connectivity index (χ1) is 17.0. The molecule has 2 heterocycles. The number of hydrogen-bond donors (Lipinski definition) is 4. The number of carbonyl (C=O) groups excluding carboxylic acids is 1. The summed E-state index contributed by atoms with van der Waals surface area (Å²) in [6, 6.07) is 9.53. The zero-order chi connectivity index (χ0) is 26.2. The third-order valence-corrected chi connectivity index (χ3v) is 7.11. The van der Waals surface area contributed by atoms with Crippen LogP contribution in [0.4, 0.5) is 11.4 Å². The van der Waals surface area contributed by atoms with E-state index in [0.717, 1.165) is 12.0 Å². The first-order valence-electron chi connectivity index (χ1n) is 11.5. The zero-order valence-electron chi connectivity index (χ0n) is 20.5. The summed E-state index contributed by atoms with van der Waals surface area (Å²) in [5.41, 5.74) is 0.897. The van der Waals surface area contributed by atoms with E-state index in [0.29, 0.717) is 23.5 Å². The SMILES string of the molecule is CC(C)CCc1cc(NC(=O)CN(C)C)cc2c(O)c(C3=NS(=O)(=O)c4ccccc4N3)c(=O)[nH]c12. The number of hydrogen-bond acceptors (Lipinski definition) is 7. The standard InChI is InChI=1S/C25H29N5O5S/c1-14(2)9-10-15-11-16(26-20(31)13-30(3)4)12-17-22(15)28-25(33)21(23(17)32)24-27-18-7-5-6-8-19(18)36(34,35)29-24/h5-8,11-12,14H,9-10,13H2,1-4H3,(H,26,31)(H,27,29)(H2,28,32,33). The number of amidine groups is 1. The van der Waals surface area contributed by atoms with Gasteiger partial charge in [0.1, 0.15) is 16.2 Å². The number of sulfonamides is 1. The fraction of sp³-hybridized carbons (Fsp3) is 0.320. The van der Waals surface area contributed by atoms with Crippen LogP contribution in [-0.2, 0) is 21.2 Å². The van der Waals surface area contributed by atoms with Crippen molar-refractivity contribution in [2.45, 2.75) is 31.6 Å². The van der Waals surface area contributed by atoms with Crippen molar-refractivity contribution in [3.8, 4) is 5.75 Å². The molecule has 3 aromatic rings. The van der Waals surface area contributed by atoms with Crippen LogP contribution in [0.15, 0.2) is 50.5 Å². The van der Waals surface area contributed by atoms with E-state index in [1.807, 2.05) is 0 Å². The van der Waals surface area contributed by atoms with Crippen molar-refractivity contribution in [3.05, 3.63) is 57.9 Å². The predicted octanol–water partition coefficient (Wildman–Crippen LogP) is 2.88. The number of aryl methyl sites for hydroxylation is 1. The molecule has 4 N–H and O–H groups in total. The normalized spacial score (nSPS) is 14.4. The van der Waals surface area contributed by atoms with Crippen LogP contribution in [0.25, 0.3) is 10.9 Å². The predicted molar refractivity (Wildman–Crippen MR) is 140 cm³/mol. The van der Waals surface area contributed by atoms with E-state index in [-0.39, 0.29) is 39.8 Å². The van der Waals surface area contributed by atoms with Crippen molar-refractivity contribution in [3.63, 3.8) is 0 Å². The first kappa shape index (κ1) is 25.4. The molecule has 1 aliphatic rings. The number of rotatable bonds is 7. The number of nitrogens with one attached hydrogen (secondary N) is 3. The smallest absolute Gasteiger partial charge is 0.286 e. The molecular formula is C25H29N5O5S. The molecule has 0 radical (unpaired) electrons. The van der Waals surface area contributed by atoms with E-state index >= 15 is 0 Å². The molecule has 0 bridgehead atoms. The third-order valence-electron chi connectivity index (χ3n) is 5.78. The summed E-state index contributed by atoms with van der Waals surface area (Å²) < 4.78 is 29.2. The number of likely N-dealkylation sites (N-methyl/N-ethyl adjacent to an activating group) is 1. The molecule has 0 fully saturated rings. The molecule has 0 spiro atoms. The first-order valence-corrected chi connectivity index (χ1v) is 13.0. The summed E-state index contributed by atoms with van der Waals surface area (Å²) in [6.07, 6.45) is 1.42. The largest absolute Gasteiger partial charge is 0.506 e. The Morgan fingerprint density at radius 1 is 1.19 bits per heavy atom. The number of aromatic hydroxyl groups is 1. The molecule has 0 saturated carbocycles. The van der Waals surface area contributed by atoms with Crippen molar-refractivity contribution >= 4 is 44.0 Å². The van der Waals surface area contributed by atoms with Crippen LogP contribution < -0.4 is 16.2 Å². The highest BCUT2D eigenvalue weighted by atomic mass is 32.2. The van der Waals surface area contributed by atoms with Crippen LogP contribution in [-0.4, -0.2) is 55.8 Å². The van der Waals surface area contributed by atoms with E-state index in [9.17, 15) is 23.1 Å². The van der Waals surface area contributed by atoms with E-state index in [4.69, 9.17) is 0 Å². The number of aromatic nitrogens is 1.